The fourth-order valence-electron chi connectivity index (χ4n) is 3.16. The number of ketones is 1. The molecule has 0 spiro atoms. The van der Waals surface area contributed by atoms with E-state index in [2.05, 4.69) is 4.98 Å². The van der Waals surface area contributed by atoms with Gasteiger partial charge in [-0.3, -0.25) is 9.59 Å². The highest BCUT2D eigenvalue weighted by molar-refractivity contribution is 6.10. The van der Waals surface area contributed by atoms with Crippen LogP contribution in [0.15, 0.2) is 30.5 Å². The van der Waals surface area contributed by atoms with Crippen molar-refractivity contribution in [1.29, 1.82) is 0 Å². The van der Waals surface area contributed by atoms with E-state index in [0.29, 0.717) is 5.56 Å². The molecule has 0 radical (unpaired) electrons. The summed E-state index contributed by atoms with van der Waals surface area (Å²) in [4.78, 5) is 27.8. The normalized spacial score (nSPS) is 17.3. The number of nitrogens with one attached hydrogen (secondary N) is 1. The third kappa shape index (κ3) is 2.91. The predicted molar refractivity (Wildman–Crippen MR) is 84.8 cm³/mol. The smallest absolute Gasteiger partial charge is 0.309 e. The molecule has 0 aliphatic heterocycles. The fourth-order valence-corrected chi connectivity index (χ4v) is 3.16. The molecule has 4 nitrogen and oxygen atoms in total. The van der Waals surface area contributed by atoms with E-state index in [1.165, 1.54) is 6.42 Å². The number of hydrogen-bond acceptors (Lipinski definition) is 3. The van der Waals surface area contributed by atoms with Crippen LogP contribution in [0.2, 0.25) is 0 Å². The molecule has 2 aromatic rings. The first-order valence-corrected chi connectivity index (χ1v) is 7.97. The molecule has 0 bridgehead atoms. The summed E-state index contributed by atoms with van der Waals surface area (Å²) < 4.78 is 5.42. The van der Waals surface area contributed by atoms with E-state index in [4.69, 9.17) is 4.74 Å². The van der Waals surface area contributed by atoms with E-state index < -0.39 is 6.10 Å². The van der Waals surface area contributed by atoms with Crippen LogP contribution in [0, 0.1) is 5.92 Å². The maximum Gasteiger partial charge on any atom is 0.309 e. The zero-order valence-corrected chi connectivity index (χ0v) is 12.8. The number of carbonyl (C=O) groups is 2. The standard InChI is InChI=1S/C18H21NO3/c1-12(22-18(21)13-7-3-2-4-8-13)17(20)15-11-19-16-10-6-5-9-14(15)16/h5-6,9-13,19H,2-4,7-8H2,1H3/t12-/m1/s1. The Labute approximate surface area is 129 Å². The first-order chi connectivity index (χ1) is 10.7. The molecule has 1 aliphatic rings. The lowest BCUT2D eigenvalue weighted by atomic mass is 9.89. The number of aromatic nitrogens is 1. The summed E-state index contributed by atoms with van der Waals surface area (Å²) in [7, 11) is 0. The van der Waals surface area contributed by atoms with Crippen molar-refractivity contribution in [2.24, 2.45) is 5.92 Å². The second-order valence-corrected chi connectivity index (χ2v) is 6.03. The molecular formula is C18H21NO3. The number of para-hydroxylation sites is 1. The maximum atomic E-state index is 12.5. The monoisotopic (exact) mass is 299 g/mol. The Morgan fingerprint density at radius 3 is 2.68 bits per heavy atom. The molecule has 3 rings (SSSR count). The molecule has 1 heterocycles. The van der Waals surface area contributed by atoms with Gasteiger partial charge in [-0.2, -0.15) is 0 Å². The van der Waals surface area contributed by atoms with Gasteiger partial charge in [0.1, 0.15) is 0 Å². The van der Waals surface area contributed by atoms with Crippen molar-refractivity contribution in [2.45, 2.75) is 45.1 Å². The van der Waals surface area contributed by atoms with Crippen LogP contribution in [0.25, 0.3) is 10.9 Å². The van der Waals surface area contributed by atoms with Gasteiger partial charge in [0.05, 0.1) is 5.92 Å². The fraction of sp³-hybridized carbons (Fsp3) is 0.444. The van der Waals surface area contributed by atoms with Crippen LogP contribution in [0.4, 0.5) is 0 Å². The summed E-state index contributed by atoms with van der Waals surface area (Å²) in [6, 6.07) is 7.63. The Balaban J connectivity index is 1.70. The Morgan fingerprint density at radius 1 is 1.18 bits per heavy atom. The lowest BCUT2D eigenvalue weighted by Crippen LogP contribution is -2.29. The maximum absolute atomic E-state index is 12.5. The van der Waals surface area contributed by atoms with Gasteiger partial charge >= 0.3 is 5.97 Å². The minimum absolute atomic E-state index is 0.0352. The van der Waals surface area contributed by atoms with Gasteiger partial charge < -0.3 is 9.72 Å². The van der Waals surface area contributed by atoms with E-state index >= 15 is 0 Å². The Bertz CT molecular complexity index is 682. The topological polar surface area (TPSA) is 59.2 Å². The number of rotatable bonds is 4. The Hall–Kier alpha value is -2.10. The summed E-state index contributed by atoms with van der Waals surface area (Å²) in [6.45, 7) is 1.66. The number of H-pyrrole nitrogens is 1. The molecule has 1 fully saturated rings. The molecule has 1 saturated carbocycles. The van der Waals surface area contributed by atoms with E-state index in [1.807, 2.05) is 24.3 Å². The molecule has 0 saturated heterocycles. The average Bonchev–Trinajstić information content (AvgIpc) is 2.99. The SMILES string of the molecule is C[C@@H](OC(=O)C1CCCCC1)C(=O)c1c[nH]c2ccccc12. The third-order valence-electron chi connectivity index (χ3n) is 4.46. The molecule has 4 heteroatoms. The summed E-state index contributed by atoms with van der Waals surface area (Å²) in [5.41, 5.74) is 1.50. The number of ether oxygens (including phenoxy) is 1. The molecule has 1 N–H and O–H groups in total. The zero-order valence-electron chi connectivity index (χ0n) is 12.8. The molecule has 0 amide bonds. The molecular weight excluding hydrogens is 278 g/mol. The highest BCUT2D eigenvalue weighted by atomic mass is 16.5. The van der Waals surface area contributed by atoms with Crippen molar-refractivity contribution in [3.05, 3.63) is 36.0 Å². The van der Waals surface area contributed by atoms with E-state index in [0.717, 1.165) is 36.6 Å². The number of carbonyl (C=O) groups excluding carboxylic acids is 2. The largest absolute Gasteiger partial charge is 0.454 e. The minimum Gasteiger partial charge on any atom is -0.454 e. The molecule has 1 aromatic carbocycles. The van der Waals surface area contributed by atoms with Crippen molar-refractivity contribution >= 4 is 22.7 Å². The van der Waals surface area contributed by atoms with Crippen molar-refractivity contribution in [3.63, 3.8) is 0 Å². The van der Waals surface area contributed by atoms with Crippen LogP contribution >= 0.6 is 0 Å². The quantitative estimate of drug-likeness (QED) is 0.689. The van der Waals surface area contributed by atoms with Gasteiger partial charge in [0.2, 0.25) is 5.78 Å². The molecule has 1 aromatic heterocycles. The molecule has 1 aliphatic carbocycles. The average molecular weight is 299 g/mol. The van der Waals surface area contributed by atoms with E-state index in [9.17, 15) is 9.59 Å². The summed E-state index contributed by atoms with van der Waals surface area (Å²) >= 11 is 0. The van der Waals surface area contributed by atoms with Crippen LogP contribution in [0.3, 0.4) is 0 Å². The van der Waals surface area contributed by atoms with Gasteiger partial charge in [0, 0.05) is 22.7 Å². The van der Waals surface area contributed by atoms with Crippen molar-refractivity contribution < 1.29 is 14.3 Å². The van der Waals surface area contributed by atoms with Gasteiger partial charge in [0.15, 0.2) is 6.10 Å². The summed E-state index contributed by atoms with van der Waals surface area (Å²) in [5.74, 6) is -0.408. The zero-order chi connectivity index (χ0) is 15.5. The first-order valence-electron chi connectivity index (χ1n) is 7.97. The number of fused-ring (bicyclic) bond motifs is 1. The van der Waals surface area contributed by atoms with Gasteiger partial charge in [-0.15, -0.1) is 0 Å². The second kappa shape index (κ2) is 6.34. The molecule has 1 atom stereocenters. The van der Waals surface area contributed by atoms with Gasteiger partial charge in [-0.05, 0) is 25.8 Å². The first kappa shape index (κ1) is 14.8. The van der Waals surface area contributed by atoms with Crippen molar-refractivity contribution in [1.82, 2.24) is 4.98 Å². The van der Waals surface area contributed by atoms with Crippen LogP contribution in [0.1, 0.15) is 49.4 Å². The lowest BCUT2D eigenvalue weighted by Gasteiger charge is -2.21. The van der Waals surface area contributed by atoms with Crippen LogP contribution in [-0.4, -0.2) is 22.8 Å². The molecule has 116 valence electrons. The number of hydrogen-bond donors (Lipinski definition) is 1. The van der Waals surface area contributed by atoms with Gasteiger partial charge in [-0.1, -0.05) is 37.5 Å². The number of Topliss-reactive ketones (excluding diaryl/α,β-unsaturated/α-hetero) is 1. The summed E-state index contributed by atoms with van der Waals surface area (Å²) in [6.07, 6.45) is 6.05. The third-order valence-corrected chi connectivity index (χ3v) is 4.46. The van der Waals surface area contributed by atoms with E-state index in [-0.39, 0.29) is 17.7 Å². The highest BCUT2D eigenvalue weighted by Crippen LogP contribution is 2.26. The Morgan fingerprint density at radius 2 is 1.91 bits per heavy atom. The van der Waals surface area contributed by atoms with Gasteiger partial charge in [-0.25, -0.2) is 0 Å². The number of aromatic amines is 1. The van der Waals surface area contributed by atoms with Crippen molar-refractivity contribution in [3.8, 4) is 0 Å². The summed E-state index contributed by atoms with van der Waals surface area (Å²) in [5, 5.41) is 0.869. The van der Waals surface area contributed by atoms with E-state index in [1.54, 1.807) is 13.1 Å². The second-order valence-electron chi connectivity index (χ2n) is 6.03. The lowest BCUT2D eigenvalue weighted by molar-refractivity contribution is -0.152. The molecule has 0 unspecified atom stereocenters. The molecule has 22 heavy (non-hydrogen) atoms. The predicted octanol–water partition coefficient (Wildman–Crippen LogP) is 3.86. The van der Waals surface area contributed by atoms with Crippen LogP contribution < -0.4 is 0 Å². The highest BCUT2D eigenvalue weighted by Gasteiger charge is 2.27. The van der Waals surface area contributed by atoms with Crippen LogP contribution in [0.5, 0.6) is 0 Å². The van der Waals surface area contributed by atoms with Gasteiger partial charge in [0.25, 0.3) is 0 Å². The minimum atomic E-state index is -0.742. The van der Waals surface area contributed by atoms with Crippen LogP contribution in [-0.2, 0) is 9.53 Å². The Kier molecular flexibility index (Phi) is 4.27. The number of esters is 1. The number of benzene rings is 1. The van der Waals surface area contributed by atoms with Crippen molar-refractivity contribution in [2.75, 3.05) is 0 Å².